The average molecular weight is 171 g/mol. The van der Waals surface area contributed by atoms with Crippen LogP contribution in [-0.4, -0.2) is 36.1 Å². The molecule has 0 unspecified atom stereocenters. The molecule has 3 nitrogen and oxygen atoms in total. The highest BCUT2D eigenvalue weighted by Crippen LogP contribution is 2.06. The predicted octanol–water partition coefficient (Wildman–Crippen LogP) is 1.36. The number of nitrogens with zero attached hydrogens (tertiary/aromatic N) is 1. The monoisotopic (exact) mass is 171 g/mol. The zero-order valence-electron chi connectivity index (χ0n) is 8.00. The fraction of sp³-hybridized carbons (Fsp3) is 0.667. The summed E-state index contributed by atoms with van der Waals surface area (Å²) in [6.07, 6.45) is 2.65. The lowest BCUT2D eigenvalue weighted by molar-refractivity contribution is -0.133. The van der Waals surface area contributed by atoms with Crippen LogP contribution >= 0.6 is 0 Å². The standard InChI is InChI=1S/C7H11NO2.C2H6/c1-8-4-2-3-6(5-8)7(9)10;1-2/h3H,2,4-5H2,1H3,(H,9,10);1-2H3. The largest absolute Gasteiger partial charge is 0.478 e. The Labute approximate surface area is 73.7 Å². The fourth-order valence-electron chi connectivity index (χ4n) is 1.05. The highest BCUT2D eigenvalue weighted by atomic mass is 16.4. The zero-order valence-corrected chi connectivity index (χ0v) is 8.00. The summed E-state index contributed by atoms with van der Waals surface area (Å²) in [6, 6.07) is 0. The lowest BCUT2D eigenvalue weighted by Gasteiger charge is -2.20. The molecule has 70 valence electrons. The van der Waals surface area contributed by atoms with Gasteiger partial charge in [0, 0.05) is 18.7 Å². The molecule has 0 amide bonds. The first-order valence-electron chi connectivity index (χ1n) is 4.31. The number of hydrogen-bond acceptors (Lipinski definition) is 2. The van der Waals surface area contributed by atoms with E-state index in [1.165, 1.54) is 0 Å². The third kappa shape index (κ3) is 3.53. The van der Waals surface area contributed by atoms with E-state index >= 15 is 0 Å². The molecule has 0 radical (unpaired) electrons. The molecule has 0 spiro atoms. The highest BCUT2D eigenvalue weighted by molar-refractivity contribution is 5.87. The second-order valence-corrected chi connectivity index (χ2v) is 2.56. The first kappa shape index (κ1) is 11.2. The van der Waals surface area contributed by atoms with Crippen LogP contribution in [0.3, 0.4) is 0 Å². The normalized spacial score (nSPS) is 17.4. The van der Waals surface area contributed by atoms with Crippen molar-refractivity contribution in [3.63, 3.8) is 0 Å². The molecule has 1 aliphatic rings. The van der Waals surface area contributed by atoms with E-state index in [-0.39, 0.29) is 0 Å². The lowest BCUT2D eigenvalue weighted by Crippen LogP contribution is -2.28. The molecule has 0 aliphatic carbocycles. The molecule has 12 heavy (non-hydrogen) atoms. The number of rotatable bonds is 1. The minimum Gasteiger partial charge on any atom is -0.478 e. The maximum atomic E-state index is 10.4. The van der Waals surface area contributed by atoms with Crippen molar-refractivity contribution in [3.8, 4) is 0 Å². The van der Waals surface area contributed by atoms with E-state index in [1.807, 2.05) is 25.8 Å². The molecule has 0 atom stereocenters. The SMILES string of the molecule is CC.CN1CCC=C(C(=O)O)C1. The molecule has 0 saturated heterocycles. The van der Waals surface area contributed by atoms with E-state index in [0.29, 0.717) is 12.1 Å². The van der Waals surface area contributed by atoms with Crippen molar-refractivity contribution in [3.05, 3.63) is 11.6 Å². The third-order valence-corrected chi connectivity index (χ3v) is 1.62. The first-order valence-corrected chi connectivity index (χ1v) is 4.31. The van der Waals surface area contributed by atoms with Gasteiger partial charge in [0.1, 0.15) is 0 Å². The fourth-order valence-corrected chi connectivity index (χ4v) is 1.05. The molecule has 3 heteroatoms. The highest BCUT2D eigenvalue weighted by Gasteiger charge is 2.13. The van der Waals surface area contributed by atoms with Crippen LogP contribution in [0.4, 0.5) is 0 Å². The lowest BCUT2D eigenvalue weighted by atomic mass is 10.1. The number of carbonyl (C=O) groups is 1. The number of hydrogen-bond donors (Lipinski definition) is 1. The molecule has 1 aliphatic heterocycles. The molecule has 0 fully saturated rings. The summed E-state index contributed by atoms with van der Waals surface area (Å²) < 4.78 is 0. The van der Waals surface area contributed by atoms with Gasteiger partial charge in [-0.25, -0.2) is 4.79 Å². The van der Waals surface area contributed by atoms with E-state index < -0.39 is 5.97 Å². The van der Waals surface area contributed by atoms with Crippen LogP contribution in [0.1, 0.15) is 20.3 Å². The molecule has 0 aromatic carbocycles. The molecule has 0 aromatic heterocycles. The van der Waals surface area contributed by atoms with Gasteiger partial charge in [0.05, 0.1) is 0 Å². The van der Waals surface area contributed by atoms with Crippen molar-refractivity contribution < 1.29 is 9.90 Å². The van der Waals surface area contributed by atoms with Crippen molar-refractivity contribution in [2.24, 2.45) is 0 Å². The Bertz CT molecular complexity index is 175. The number of likely N-dealkylation sites (N-methyl/N-ethyl adjacent to an activating group) is 1. The molecule has 1 N–H and O–H groups in total. The van der Waals surface area contributed by atoms with Crippen LogP contribution in [-0.2, 0) is 4.79 Å². The summed E-state index contributed by atoms with van der Waals surface area (Å²) in [5, 5.41) is 8.56. The number of aliphatic carboxylic acids is 1. The van der Waals surface area contributed by atoms with Gasteiger partial charge in [-0.3, -0.25) is 0 Å². The quantitative estimate of drug-likeness (QED) is 0.647. The number of carboxylic acid groups (broad SMARTS) is 1. The van der Waals surface area contributed by atoms with E-state index in [0.717, 1.165) is 13.0 Å². The van der Waals surface area contributed by atoms with Crippen molar-refractivity contribution in [2.75, 3.05) is 20.1 Å². The molecule has 1 heterocycles. The average Bonchev–Trinajstić information content (AvgIpc) is 2.08. The second kappa shape index (κ2) is 5.77. The van der Waals surface area contributed by atoms with Gasteiger partial charge < -0.3 is 10.0 Å². The summed E-state index contributed by atoms with van der Waals surface area (Å²) in [7, 11) is 1.93. The predicted molar refractivity (Wildman–Crippen MR) is 49.2 cm³/mol. The first-order chi connectivity index (χ1) is 5.70. The van der Waals surface area contributed by atoms with E-state index in [4.69, 9.17) is 5.11 Å². The van der Waals surface area contributed by atoms with Crippen LogP contribution in [0.15, 0.2) is 11.6 Å². The Balaban J connectivity index is 0.000000561. The zero-order chi connectivity index (χ0) is 9.56. The van der Waals surface area contributed by atoms with Gasteiger partial charge in [-0.15, -0.1) is 0 Å². The Morgan fingerprint density at radius 1 is 1.58 bits per heavy atom. The molecule has 1 rings (SSSR count). The van der Waals surface area contributed by atoms with Gasteiger partial charge in [-0.1, -0.05) is 19.9 Å². The summed E-state index contributed by atoms with van der Waals surface area (Å²) in [6.45, 7) is 5.55. The minimum absolute atomic E-state index is 0.522. The van der Waals surface area contributed by atoms with Gasteiger partial charge in [-0.05, 0) is 13.5 Å². The molecular formula is C9H17NO2. The van der Waals surface area contributed by atoms with E-state index in [9.17, 15) is 4.79 Å². The van der Waals surface area contributed by atoms with Crippen molar-refractivity contribution in [2.45, 2.75) is 20.3 Å². The van der Waals surface area contributed by atoms with Crippen LogP contribution < -0.4 is 0 Å². The smallest absolute Gasteiger partial charge is 0.332 e. The summed E-state index contributed by atoms with van der Waals surface area (Å²) >= 11 is 0. The van der Waals surface area contributed by atoms with Gasteiger partial charge in [0.25, 0.3) is 0 Å². The Morgan fingerprint density at radius 2 is 2.17 bits per heavy atom. The maximum absolute atomic E-state index is 10.4. The summed E-state index contributed by atoms with van der Waals surface area (Å²) in [4.78, 5) is 12.4. The molecule has 0 aromatic rings. The second-order valence-electron chi connectivity index (χ2n) is 2.56. The van der Waals surface area contributed by atoms with E-state index in [1.54, 1.807) is 6.08 Å². The van der Waals surface area contributed by atoms with Crippen molar-refractivity contribution in [1.82, 2.24) is 4.90 Å². The van der Waals surface area contributed by atoms with Crippen molar-refractivity contribution >= 4 is 5.97 Å². The molecule has 0 saturated carbocycles. The van der Waals surface area contributed by atoms with Gasteiger partial charge in [0.2, 0.25) is 0 Å². The Hall–Kier alpha value is -0.830. The van der Waals surface area contributed by atoms with Crippen LogP contribution in [0.5, 0.6) is 0 Å². The molecular weight excluding hydrogens is 154 g/mol. The minimum atomic E-state index is -0.786. The maximum Gasteiger partial charge on any atom is 0.332 e. The van der Waals surface area contributed by atoms with Gasteiger partial charge in [-0.2, -0.15) is 0 Å². The number of carboxylic acids is 1. The van der Waals surface area contributed by atoms with Gasteiger partial charge in [0.15, 0.2) is 0 Å². The molecule has 0 bridgehead atoms. The van der Waals surface area contributed by atoms with Crippen LogP contribution in [0.2, 0.25) is 0 Å². The van der Waals surface area contributed by atoms with Crippen LogP contribution in [0, 0.1) is 0 Å². The van der Waals surface area contributed by atoms with Crippen molar-refractivity contribution in [1.29, 1.82) is 0 Å². The Kier molecular flexibility index (Phi) is 5.37. The van der Waals surface area contributed by atoms with Gasteiger partial charge >= 0.3 is 5.97 Å². The third-order valence-electron chi connectivity index (χ3n) is 1.62. The summed E-state index contributed by atoms with van der Waals surface area (Å²) in [5.74, 6) is -0.786. The summed E-state index contributed by atoms with van der Waals surface area (Å²) in [5.41, 5.74) is 0.522. The topological polar surface area (TPSA) is 40.5 Å². The van der Waals surface area contributed by atoms with Crippen LogP contribution in [0.25, 0.3) is 0 Å². The van der Waals surface area contributed by atoms with E-state index in [2.05, 4.69) is 0 Å². The Morgan fingerprint density at radius 3 is 2.50 bits per heavy atom.